The molecule has 32 heavy (non-hydrogen) atoms. The average molecular weight is 454 g/mol. The van der Waals surface area contributed by atoms with Crippen molar-refractivity contribution in [1.82, 2.24) is 4.90 Å². The highest BCUT2D eigenvalue weighted by molar-refractivity contribution is 5.91. The number of allylic oxidation sites excluding steroid dienone is 1. The fraction of sp³-hybridized carbons (Fsp3) is 0.840. The summed E-state index contributed by atoms with van der Waals surface area (Å²) in [5.74, 6) is -1.21. The molecule has 10 atom stereocenters. The summed E-state index contributed by atoms with van der Waals surface area (Å²) in [5.41, 5.74) is 0. The van der Waals surface area contributed by atoms with Gasteiger partial charge in [-0.3, -0.25) is 9.59 Å². The molecule has 2 rings (SSSR count). The lowest BCUT2D eigenvalue weighted by Gasteiger charge is -2.43. The van der Waals surface area contributed by atoms with Crippen molar-refractivity contribution in [2.24, 2.45) is 23.7 Å². The lowest BCUT2D eigenvalue weighted by atomic mass is 9.84. The molecule has 184 valence electrons. The van der Waals surface area contributed by atoms with Gasteiger partial charge in [0.1, 0.15) is 12.2 Å². The number of hydrogen-bond acceptors (Lipinski definition) is 7. The number of carbonyl (C=O) groups is 2. The third kappa shape index (κ3) is 6.62. The maximum absolute atomic E-state index is 13.1. The molecule has 2 heterocycles. The van der Waals surface area contributed by atoms with Gasteiger partial charge in [0, 0.05) is 17.9 Å². The van der Waals surface area contributed by atoms with Crippen LogP contribution in [0.5, 0.6) is 0 Å². The fourth-order valence-corrected chi connectivity index (χ4v) is 4.85. The average Bonchev–Trinajstić information content (AvgIpc) is 2.73. The van der Waals surface area contributed by atoms with Crippen molar-refractivity contribution in [2.45, 2.75) is 97.6 Å². The molecule has 0 bridgehead atoms. The second-order valence-corrected chi connectivity index (χ2v) is 10.1. The highest BCUT2D eigenvalue weighted by Crippen LogP contribution is 2.32. The first-order chi connectivity index (χ1) is 15.0. The van der Waals surface area contributed by atoms with Crippen LogP contribution in [-0.2, 0) is 23.8 Å². The molecule has 7 heteroatoms. The van der Waals surface area contributed by atoms with Crippen LogP contribution in [-0.4, -0.2) is 72.6 Å². The van der Waals surface area contributed by atoms with E-state index in [0.29, 0.717) is 19.3 Å². The molecule has 0 aromatic rings. The summed E-state index contributed by atoms with van der Waals surface area (Å²) in [6.07, 6.45) is 2.73. The zero-order valence-corrected chi connectivity index (χ0v) is 21.0. The quantitative estimate of drug-likeness (QED) is 0.654. The second-order valence-electron chi connectivity index (χ2n) is 10.1. The molecule has 0 aromatic carbocycles. The van der Waals surface area contributed by atoms with Crippen LogP contribution < -0.4 is 0 Å². The lowest BCUT2D eigenvalue weighted by Crippen LogP contribution is -2.56. The van der Waals surface area contributed by atoms with Crippen molar-refractivity contribution >= 4 is 11.8 Å². The Morgan fingerprint density at radius 1 is 1.12 bits per heavy atom. The molecule has 0 aliphatic carbocycles. The van der Waals surface area contributed by atoms with Crippen molar-refractivity contribution in [1.29, 1.82) is 0 Å². The Labute approximate surface area is 193 Å². The largest absolute Gasteiger partial charge is 0.461 e. The van der Waals surface area contributed by atoms with Crippen LogP contribution in [0.1, 0.15) is 60.8 Å². The normalized spacial score (nSPS) is 43.3. The molecular formula is C25H43NO6. The van der Waals surface area contributed by atoms with Gasteiger partial charge in [-0.05, 0) is 59.2 Å². The number of ketones is 1. The Kier molecular flexibility index (Phi) is 9.88. The van der Waals surface area contributed by atoms with Gasteiger partial charge in [-0.2, -0.15) is 0 Å². The summed E-state index contributed by atoms with van der Waals surface area (Å²) < 4.78 is 18.2. The fourth-order valence-electron chi connectivity index (χ4n) is 4.85. The van der Waals surface area contributed by atoms with Crippen LogP contribution in [0.15, 0.2) is 12.2 Å². The molecule has 0 radical (unpaired) electrons. The van der Waals surface area contributed by atoms with E-state index in [1.807, 2.05) is 59.7 Å². The van der Waals surface area contributed by atoms with E-state index in [-0.39, 0.29) is 47.8 Å². The number of hydrogen-bond donors (Lipinski definition) is 1. The zero-order chi connectivity index (χ0) is 24.2. The van der Waals surface area contributed by atoms with Gasteiger partial charge in [0.25, 0.3) is 0 Å². The minimum absolute atomic E-state index is 0.0614. The van der Waals surface area contributed by atoms with E-state index >= 15 is 0 Å². The smallest absolute Gasteiger partial charge is 0.311 e. The van der Waals surface area contributed by atoms with Gasteiger partial charge < -0.3 is 24.2 Å². The van der Waals surface area contributed by atoms with E-state index in [2.05, 4.69) is 0 Å². The number of esters is 1. The minimum Gasteiger partial charge on any atom is -0.461 e. The van der Waals surface area contributed by atoms with Gasteiger partial charge >= 0.3 is 5.97 Å². The maximum atomic E-state index is 13.1. The summed E-state index contributed by atoms with van der Waals surface area (Å²) in [7, 11) is 3.85. The number of nitrogens with zero attached hydrogens (tertiary/aromatic N) is 1. The molecule has 7 nitrogen and oxygen atoms in total. The predicted molar refractivity (Wildman–Crippen MR) is 123 cm³/mol. The number of ether oxygens (including phenoxy) is 3. The molecular weight excluding hydrogens is 410 g/mol. The number of aliphatic hydroxyl groups is 1. The molecule has 0 saturated carbocycles. The SMILES string of the molecule is CC[C@H]1OC(=O)[C@H](C)[C@@H](O[C@H]2O[C@@H](C)C[C@@H](N(C)C)[C@@H]2O)[C@@H](C)C[C@@H](C)C(=O)/C=C/[C@H]1C. The van der Waals surface area contributed by atoms with E-state index in [4.69, 9.17) is 14.2 Å². The van der Waals surface area contributed by atoms with Crippen molar-refractivity contribution in [2.75, 3.05) is 14.1 Å². The number of likely N-dealkylation sites (N-methyl/N-ethyl adjacent to an activating group) is 1. The van der Waals surface area contributed by atoms with Gasteiger partial charge in [0.05, 0.1) is 18.1 Å². The summed E-state index contributed by atoms with van der Waals surface area (Å²) in [5, 5.41) is 10.9. The molecule has 1 saturated heterocycles. The molecule has 0 aromatic heterocycles. The van der Waals surface area contributed by atoms with Gasteiger partial charge in [-0.15, -0.1) is 0 Å². The molecule has 2 aliphatic rings. The number of rotatable bonds is 4. The first-order valence-electron chi connectivity index (χ1n) is 12.0. The summed E-state index contributed by atoms with van der Waals surface area (Å²) in [6.45, 7) is 11.6. The number of cyclic esters (lactones) is 1. The Hall–Kier alpha value is -1.28. The topological polar surface area (TPSA) is 85.3 Å². The van der Waals surface area contributed by atoms with Crippen molar-refractivity contribution in [3.05, 3.63) is 12.2 Å². The molecule has 1 N–H and O–H groups in total. The van der Waals surface area contributed by atoms with E-state index in [1.54, 1.807) is 13.0 Å². The molecule has 0 unspecified atom stereocenters. The third-order valence-electron chi connectivity index (χ3n) is 7.02. The Morgan fingerprint density at radius 2 is 1.78 bits per heavy atom. The van der Waals surface area contributed by atoms with E-state index in [9.17, 15) is 14.7 Å². The predicted octanol–water partition coefficient (Wildman–Crippen LogP) is 3.19. The summed E-state index contributed by atoms with van der Waals surface area (Å²) in [6, 6.07) is -0.108. The highest BCUT2D eigenvalue weighted by Gasteiger charge is 2.42. The zero-order valence-electron chi connectivity index (χ0n) is 21.0. The van der Waals surface area contributed by atoms with Crippen molar-refractivity contribution < 1.29 is 28.9 Å². The first-order valence-corrected chi connectivity index (χ1v) is 12.0. The Morgan fingerprint density at radius 3 is 2.38 bits per heavy atom. The standard InChI is InChI=1S/C25H43NO6/c1-9-21-14(2)10-11-20(27)15(3)12-16(4)23(18(6)24(29)31-21)32-25-22(28)19(26(7)8)13-17(5)30-25/h10-11,14-19,21-23,25,28H,9,12-13H2,1-8H3/b11-10+/t14-,15-,16+,17+,18-,19-,21-,22+,23+,25-/m1/s1. The molecule has 0 spiro atoms. The number of carbonyl (C=O) groups excluding carboxylic acids is 2. The van der Waals surface area contributed by atoms with Crippen LogP contribution in [0, 0.1) is 23.7 Å². The van der Waals surface area contributed by atoms with Crippen LogP contribution in [0.2, 0.25) is 0 Å². The van der Waals surface area contributed by atoms with E-state index in [0.717, 1.165) is 0 Å². The molecule has 1 fully saturated rings. The van der Waals surface area contributed by atoms with E-state index in [1.165, 1.54) is 0 Å². The van der Waals surface area contributed by atoms with Crippen LogP contribution >= 0.6 is 0 Å². The lowest BCUT2D eigenvalue weighted by molar-refractivity contribution is -0.279. The monoisotopic (exact) mass is 453 g/mol. The molecule has 0 amide bonds. The van der Waals surface area contributed by atoms with Crippen LogP contribution in [0.25, 0.3) is 0 Å². The van der Waals surface area contributed by atoms with Gasteiger partial charge in [-0.25, -0.2) is 0 Å². The van der Waals surface area contributed by atoms with Crippen LogP contribution in [0.3, 0.4) is 0 Å². The first kappa shape index (κ1) is 27.0. The third-order valence-corrected chi connectivity index (χ3v) is 7.02. The maximum Gasteiger partial charge on any atom is 0.311 e. The van der Waals surface area contributed by atoms with Crippen molar-refractivity contribution in [3.8, 4) is 0 Å². The number of aliphatic hydroxyl groups excluding tert-OH is 1. The minimum atomic E-state index is -0.853. The van der Waals surface area contributed by atoms with E-state index < -0.39 is 24.4 Å². The summed E-state index contributed by atoms with van der Waals surface area (Å²) in [4.78, 5) is 27.7. The van der Waals surface area contributed by atoms with Gasteiger partial charge in [0.2, 0.25) is 0 Å². The second kappa shape index (κ2) is 11.7. The van der Waals surface area contributed by atoms with Gasteiger partial charge in [0.15, 0.2) is 12.1 Å². The Bertz CT molecular complexity index is 665. The highest BCUT2D eigenvalue weighted by atomic mass is 16.7. The molecule has 2 aliphatic heterocycles. The van der Waals surface area contributed by atoms with Gasteiger partial charge in [-0.1, -0.05) is 33.8 Å². The Balaban J connectivity index is 2.32. The summed E-state index contributed by atoms with van der Waals surface area (Å²) >= 11 is 0. The van der Waals surface area contributed by atoms with Crippen molar-refractivity contribution in [3.63, 3.8) is 0 Å². The van der Waals surface area contributed by atoms with Crippen LogP contribution in [0.4, 0.5) is 0 Å².